The van der Waals surface area contributed by atoms with Crippen LogP contribution >= 0.6 is 35.0 Å². The summed E-state index contributed by atoms with van der Waals surface area (Å²) >= 11 is 13.3. The van der Waals surface area contributed by atoms with Gasteiger partial charge in [-0.15, -0.1) is 0 Å². The minimum Gasteiger partial charge on any atom is -0.355 e. The van der Waals surface area contributed by atoms with Gasteiger partial charge in [-0.1, -0.05) is 53.2 Å². The number of thioether (sulfide) groups is 1. The fraction of sp³-hybridized carbons (Fsp3) is 0.250. The predicted molar refractivity (Wildman–Crippen MR) is 115 cm³/mol. The van der Waals surface area contributed by atoms with E-state index in [1.807, 2.05) is 19.1 Å². The summed E-state index contributed by atoms with van der Waals surface area (Å²) in [4.78, 5) is 31.4. The Morgan fingerprint density at radius 1 is 1.21 bits per heavy atom. The molecule has 146 valence electrons. The summed E-state index contributed by atoms with van der Waals surface area (Å²) in [5.74, 6) is -0.309. The molecule has 1 aliphatic rings. The van der Waals surface area contributed by atoms with Gasteiger partial charge in [-0.3, -0.25) is 14.5 Å². The van der Waals surface area contributed by atoms with Gasteiger partial charge in [0, 0.05) is 23.0 Å². The summed E-state index contributed by atoms with van der Waals surface area (Å²) < 4.78 is 0. The van der Waals surface area contributed by atoms with E-state index in [0.29, 0.717) is 34.0 Å². The molecular weight excluding hydrogens is 417 g/mol. The van der Waals surface area contributed by atoms with Crippen molar-refractivity contribution < 1.29 is 9.59 Å². The van der Waals surface area contributed by atoms with Gasteiger partial charge in [0.05, 0.1) is 17.5 Å². The van der Waals surface area contributed by atoms with E-state index in [4.69, 9.17) is 23.2 Å². The van der Waals surface area contributed by atoms with Crippen molar-refractivity contribution >= 4 is 57.6 Å². The van der Waals surface area contributed by atoms with Crippen LogP contribution in [0.1, 0.15) is 18.9 Å². The molecule has 1 aliphatic heterocycles. The van der Waals surface area contributed by atoms with Gasteiger partial charge in [0.25, 0.3) is 0 Å². The van der Waals surface area contributed by atoms with Crippen molar-refractivity contribution in [3.8, 4) is 0 Å². The summed E-state index contributed by atoms with van der Waals surface area (Å²) in [6, 6.07) is 14.4. The number of carbonyl (C=O) groups is 2. The van der Waals surface area contributed by atoms with Crippen LogP contribution in [0.4, 0.5) is 5.69 Å². The summed E-state index contributed by atoms with van der Waals surface area (Å²) in [6.07, 6.45) is 0.124. The lowest BCUT2D eigenvalue weighted by Crippen LogP contribution is -2.46. The van der Waals surface area contributed by atoms with E-state index in [0.717, 1.165) is 5.56 Å². The molecule has 2 aromatic rings. The van der Waals surface area contributed by atoms with Gasteiger partial charge in [-0.2, -0.15) is 0 Å². The molecule has 0 spiro atoms. The highest BCUT2D eigenvalue weighted by molar-refractivity contribution is 8.15. The highest BCUT2D eigenvalue weighted by Crippen LogP contribution is 2.31. The lowest BCUT2D eigenvalue weighted by Gasteiger charge is -2.31. The number of carbonyl (C=O) groups excluding carboxylic acids is 2. The summed E-state index contributed by atoms with van der Waals surface area (Å²) in [6.45, 7) is 2.71. The molecule has 2 aromatic carbocycles. The van der Waals surface area contributed by atoms with Gasteiger partial charge >= 0.3 is 0 Å². The molecule has 0 saturated carbocycles. The van der Waals surface area contributed by atoms with Crippen molar-refractivity contribution in [2.75, 3.05) is 6.54 Å². The number of hydrogen-bond donors (Lipinski definition) is 1. The first-order valence-electron chi connectivity index (χ1n) is 8.79. The van der Waals surface area contributed by atoms with Crippen molar-refractivity contribution in [3.05, 3.63) is 64.1 Å². The number of amides is 2. The molecule has 0 aromatic heterocycles. The summed E-state index contributed by atoms with van der Waals surface area (Å²) in [5.41, 5.74) is 1.55. The van der Waals surface area contributed by atoms with E-state index >= 15 is 0 Å². The molecule has 1 N–H and O–H groups in total. The smallest absolute Gasteiger partial charge is 0.234 e. The Balaban J connectivity index is 1.92. The quantitative estimate of drug-likeness (QED) is 0.742. The first-order chi connectivity index (χ1) is 13.5. The Kier molecular flexibility index (Phi) is 6.99. The number of hydrogen-bond acceptors (Lipinski definition) is 4. The van der Waals surface area contributed by atoms with Crippen molar-refractivity contribution in [2.45, 2.75) is 25.1 Å². The zero-order chi connectivity index (χ0) is 20.1. The van der Waals surface area contributed by atoms with E-state index < -0.39 is 5.25 Å². The Bertz CT molecular complexity index is 903. The molecule has 0 radical (unpaired) electrons. The number of aliphatic imine (C=N–C) groups is 1. The first-order valence-corrected chi connectivity index (χ1v) is 10.4. The highest BCUT2D eigenvalue weighted by Gasteiger charge is 2.35. The lowest BCUT2D eigenvalue weighted by atomic mass is 10.2. The zero-order valence-electron chi connectivity index (χ0n) is 15.2. The Morgan fingerprint density at radius 3 is 2.64 bits per heavy atom. The van der Waals surface area contributed by atoms with Crippen LogP contribution in [-0.2, 0) is 16.1 Å². The van der Waals surface area contributed by atoms with E-state index in [-0.39, 0.29) is 18.2 Å². The largest absolute Gasteiger partial charge is 0.355 e. The first kappa shape index (κ1) is 20.7. The molecule has 3 rings (SSSR count). The third kappa shape index (κ3) is 5.28. The maximum atomic E-state index is 12.9. The number of nitrogens with zero attached hydrogens (tertiary/aromatic N) is 2. The highest BCUT2D eigenvalue weighted by atomic mass is 35.5. The van der Waals surface area contributed by atoms with Crippen LogP contribution in [0.5, 0.6) is 0 Å². The third-order valence-electron chi connectivity index (χ3n) is 4.07. The van der Waals surface area contributed by atoms with Crippen LogP contribution < -0.4 is 5.32 Å². The Morgan fingerprint density at radius 2 is 1.96 bits per heavy atom. The third-order valence-corrected chi connectivity index (χ3v) is 5.74. The second-order valence-electron chi connectivity index (χ2n) is 6.19. The molecule has 2 amide bonds. The summed E-state index contributed by atoms with van der Waals surface area (Å²) in [7, 11) is 0. The van der Waals surface area contributed by atoms with E-state index in [9.17, 15) is 9.59 Å². The molecule has 28 heavy (non-hydrogen) atoms. The molecule has 0 bridgehead atoms. The number of nitrogens with one attached hydrogen (secondary N) is 1. The molecule has 1 fully saturated rings. The fourth-order valence-corrected chi connectivity index (χ4v) is 4.15. The van der Waals surface area contributed by atoms with Crippen LogP contribution in [0.3, 0.4) is 0 Å². The van der Waals surface area contributed by atoms with E-state index in [1.165, 1.54) is 11.8 Å². The molecule has 0 aliphatic carbocycles. The van der Waals surface area contributed by atoms with Crippen LogP contribution in [0.25, 0.3) is 0 Å². The van der Waals surface area contributed by atoms with E-state index in [1.54, 1.807) is 41.3 Å². The summed E-state index contributed by atoms with van der Waals surface area (Å²) in [5, 5.41) is 3.93. The average molecular weight is 436 g/mol. The normalized spacial score (nSPS) is 18.4. The molecule has 1 unspecified atom stereocenters. The average Bonchev–Trinajstić information content (AvgIpc) is 2.66. The van der Waals surface area contributed by atoms with Gasteiger partial charge in [0.1, 0.15) is 0 Å². The minimum atomic E-state index is -0.508. The maximum Gasteiger partial charge on any atom is 0.234 e. The monoisotopic (exact) mass is 435 g/mol. The molecular formula is C20H19Cl2N3O2S. The topological polar surface area (TPSA) is 61.8 Å². The molecule has 1 saturated heterocycles. The van der Waals surface area contributed by atoms with Crippen LogP contribution in [-0.4, -0.2) is 33.7 Å². The zero-order valence-corrected chi connectivity index (χ0v) is 17.5. The second-order valence-corrected chi connectivity index (χ2v) is 8.23. The van der Waals surface area contributed by atoms with Crippen LogP contribution in [0, 0.1) is 0 Å². The van der Waals surface area contributed by atoms with Crippen molar-refractivity contribution in [1.82, 2.24) is 10.2 Å². The van der Waals surface area contributed by atoms with Crippen LogP contribution in [0.15, 0.2) is 53.5 Å². The lowest BCUT2D eigenvalue weighted by molar-refractivity contribution is -0.130. The van der Waals surface area contributed by atoms with E-state index in [2.05, 4.69) is 10.3 Å². The Hall–Kier alpha value is -2.02. The molecule has 1 atom stereocenters. The predicted octanol–water partition coefficient (Wildman–Crippen LogP) is 4.65. The number of amidine groups is 1. The number of halogens is 2. The fourth-order valence-electron chi connectivity index (χ4n) is 2.71. The molecule has 5 nitrogen and oxygen atoms in total. The van der Waals surface area contributed by atoms with Crippen molar-refractivity contribution in [2.24, 2.45) is 4.99 Å². The molecule has 8 heteroatoms. The number of benzene rings is 2. The second kappa shape index (κ2) is 9.45. The minimum absolute atomic E-state index is 0.124. The number of rotatable bonds is 5. The van der Waals surface area contributed by atoms with Gasteiger partial charge in [-0.25, -0.2) is 4.99 Å². The van der Waals surface area contributed by atoms with Crippen molar-refractivity contribution in [3.63, 3.8) is 0 Å². The molecule has 1 heterocycles. The van der Waals surface area contributed by atoms with Crippen LogP contribution in [0.2, 0.25) is 10.0 Å². The maximum absolute atomic E-state index is 12.9. The van der Waals surface area contributed by atoms with Gasteiger partial charge < -0.3 is 5.32 Å². The SMILES string of the molecule is CCNC(=O)C1CC(=O)N(Cc2ccc(Cl)cc2)C(=Nc2cccc(Cl)c2)S1. The Labute approximate surface area is 178 Å². The standard InChI is InChI=1S/C20H19Cl2N3O2S/c1-2-23-19(27)17-11-18(26)25(12-13-6-8-14(21)9-7-13)20(28-17)24-16-5-3-4-15(22)10-16/h3-10,17H,2,11-12H2,1H3,(H,23,27). The van der Waals surface area contributed by atoms with Gasteiger partial charge in [0.2, 0.25) is 11.8 Å². The van der Waals surface area contributed by atoms with Gasteiger partial charge in [-0.05, 0) is 42.8 Å². The van der Waals surface area contributed by atoms with Gasteiger partial charge in [0.15, 0.2) is 5.17 Å². The van der Waals surface area contributed by atoms with Crippen molar-refractivity contribution in [1.29, 1.82) is 0 Å².